The Kier molecular flexibility index (Phi) is 8.25. The number of fused-ring (bicyclic) bond motifs is 4. The predicted octanol–water partition coefficient (Wildman–Crippen LogP) is 5.71. The number of thiol groups is 1. The molecule has 12 nitrogen and oxygen atoms in total. The molecule has 4 aromatic heterocycles. The number of hydrogen-bond acceptors (Lipinski definition) is 17. The summed E-state index contributed by atoms with van der Waals surface area (Å²) in [6.45, 7) is 9.86. The van der Waals surface area contributed by atoms with E-state index >= 15 is 0 Å². The minimum absolute atomic E-state index is 0.100. The fraction of sp³-hybridized carbons (Fsp3) is 0.421. The van der Waals surface area contributed by atoms with Crippen LogP contribution in [-0.4, -0.2) is 79.3 Å². The van der Waals surface area contributed by atoms with Gasteiger partial charge in [-0.25, -0.2) is 0 Å². The first kappa shape index (κ1) is 34.4. The second-order valence-electron chi connectivity index (χ2n) is 13.5. The van der Waals surface area contributed by atoms with Crippen molar-refractivity contribution >= 4 is 78.7 Å². The summed E-state index contributed by atoms with van der Waals surface area (Å²) in [5.74, 6) is 9.18. The minimum atomic E-state index is -0.154. The molecule has 0 radical (unpaired) electrons. The van der Waals surface area contributed by atoms with E-state index in [-0.39, 0.29) is 10.5 Å². The third-order valence-electron chi connectivity index (χ3n) is 10.1. The van der Waals surface area contributed by atoms with Crippen LogP contribution in [0, 0.1) is 22.9 Å². The lowest BCUT2D eigenvalue weighted by atomic mass is 10.2. The molecular weight excluding hydrogens is 841 g/mol. The van der Waals surface area contributed by atoms with E-state index in [1.165, 1.54) is 0 Å². The van der Waals surface area contributed by atoms with Gasteiger partial charge in [0.2, 0.25) is 21.7 Å². The second-order valence-corrected chi connectivity index (χ2v) is 20.4. The van der Waals surface area contributed by atoms with Crippen molar-refractivity contribution in [1.29, 1.82) is 0 Å². The van der Waals surface area contributed by atoms with E-state index in [0.717, 1.165) is 105 Å². The van der Waals surface area contributed by atoms with Gasteiger partial charge in [0.15, 0.2) is 57.5 Å². The molecule has 0 saturated carbocycles. The van der Waals surface area contributed by atoms with Gasteiger partial charge in [0.1, 0.15) is 93.9 Å². The monoisotopic (exact) mass is 873 g/mol. The third-order valence-corrected chi connectivity index (χ3v) is 18.2. The third kappa shape index (κ3) is 5.14. The Morgan fingerprint density at radius 3 is 1.50 bits per heavy atom. The van der Waals surface area contributed by atoms with E-state index in [1.807, 2.05) is 0 Å². The standard InChI is InChI=1S/C38H32O12S6/c1-15-17-19(41-5-3-39-17)29(51-15)31-21-23(45-9-7-43-21)33(53-31)35-25-27(49-13-11-47-25)37(55-35)38-28-26(48-12-14-50-28)36(56-38)34-24-22(44-8-10-46-24)32(54-34)30-20-18(16(2)52-30)40-4-6-42-20/h31-32H,3-14H2,1-2H3/p+1/b35-33+,36-34+,38-37+. The molecule has 0 amide bonds. The number of hydrogen-bond donors (Lipinski definition) is 0. The summed E-state index contributed by atoms with van der Waals surface area (Å²) < 4.78 is 79.7. The van der Waals surface area contributed by atoms with Gasteiger partial charge in [-0.15, -0.1) is 57.1 Å². The van der Waals surface area contributed by atoms with Crippen LogP contribution in [0.4, 0.5) is 0 Å². The molecule has 0 fully saturated rings. The average Bonchev–Trinajstić information content (AvgIpc) is 4.10. The second kappa shape index (κ2) is 13.4. The van der Waals surface area contributed by atoms with Crippen molar-refractivity contribution in [3.8, 4) is 46.0 Å². The van der Waals surface area contributed by atoms with E-state index in [4.69, 9.17) is 56.8 Å². The van der Waals surface area contributed by atoms with Gasteiger partial charge < -0.3 is 56.8 Å². The number of ether oxygens (including phenoxy) is 12. The number of rotatable bonds is 2. The summed E-state index contributed by atoms with van der Waals surface area (Å²) >= 11 is 9.32. The van der Waals surface area contributed by atoms with E-state index in [9.17, 15) is 0 Å². The maximum absolute atomic E-state index is 6.48. The molecular formula is C38H33O12S6+. The van der Waals surface area contributed by atoms with Crippen LogP contribution < -0.4 is 47.0 Å². The van der Waals surface area contributed by atoms with E-state index in [2.05, 4.69) is 13.8 Å². The van der Waals surface area contributed by atoms with Crippen LogP contribution in [0.25, 0.3) is 9.81 Å². The van der Waals surface area contributed by atoms with Crippen LogP contribution in [0.15, 0.2) is 23.0 Å². The average molecular weight is 874 g/mol. The first-order valence-corrected chi connectivity index (χ1v) is 23.5. The van der Waals surface area contributed by atoms with Crippen molar-refractivity contribution in [3.63, 3.8) is 0 Å². The van der Waals surface area contributed by atoms with Gasteiger partial charge in [-0.2, -0.15) is 0 Å². The number of thiophene rings is 4. The molecule has 2 atom stereocenters. The zero-order valence-electron chi connectivity index (χ0n) is 30.0. The molecule has 12 heterocycles. The molecule has 12 rings (SSSR count). The molecule has 0 N–H and O–H groups in total. The highest BCUT2D eigenvalue weighted by Gasteiger charge is 2.49. The van der Waals surface area contributed by atoms with Gasteiger partial charge in [0.05, 0.1) is 23.4 Å². The highest BCUT2D eigenvalue weighted by Crippen LogP contribution is 2.60. The van der Waals surface area contributed by atoms with Crippen molar-refractivity contribution in [3.05, 3.63) is 60.7 Å². The van der Waals surface area contributed by atoms with Crippen LogP contribution in [-0.2, 0) is 30.7 Å². The quantitative estimate of drug-likeness (QED) is 0.181. The van der Waals surface area contributed by atoms with Crippen molar-refractivity contribution in [2.75, 3.05) is 79.3 Å². The molecule has 0 aromatic carbocycles. The Bertz CT molecular complexity index is 2450. The van der Waals surface area contributed by atoms with E-state index < -0.39 is 0 Å². The van der Waals surface area contributed by atoms with Gasteiger partial charge in [0.25, 0.3) is 0 Å². The van der Waals surface area contributed by atoms with Gasteiger partial charge in [-0.1, -0.05) is 0 Å². The van der Waals surface area contributed by atoms with Crippen molar-refractivity contribution in [1.82, 2.24) is 0 Å². The minimum Gasteiger partial charge on any atom is -0.489 e. The van der Waals surface area contributed by atoms with Crippen LogP contribution >= 0.6 is 57.1 Å². The Labute approximate surface area is 343 Å². The largest absolute Gasteiger partial charge is 0.489 e. The normalized spacial score (nSPS) is 25.5. The predicted molar refractivity (Wildman–Crippen MR) is 214 cm³/mol. The summed E-state index contributed by atoms with van der Waals surface area (Å²) in [7, 11) is 0. The topological polar surface area (TPSA) is 111 Å². The molecule has 2 unspecified atom stereocenters. The Morgan fingerprint density at radius 1 is 0.411 bits per heavy atom. The number of aryl methyl sites for hydroxylation is 2. The summed E-state index contributed by atoms with van der Waals surface area (Å²) in [4.78, 5) is 6.29. The van der Waals surface area contributed by atoms with Crippen molar-refractivity contribution in [2.24, 2.45) is 0 Å². The van der Waals surface area contributed by atoms with E-state index in [1.54, 1.807) is 57.1 Å². The van der Waals surface area contributed by atoms with Crippen LogP contribution in [0.2, 0.25) is 0 Å². The molecule has 56 heavy (non-hydrogen) atoms. The Morgan fingerprint density at radius 2 is 0.857 bits per heavy atom. The first-order chi connectivity index (χ1) is 27.6. The molecule has 0 bridgehead atoms. The van der Waals surface area contributed by atoms with Gasteiger partial charge in [0, 0.05) is 21.5 Å². The molecule has 292 valence electrons. The number of thioether (sulfide) groups is 1. The Hall–Kier alpha value is -3.68. The molecule has 4 aromatic rings. The van der Waals surface area contributed by atoms with Gasteiger partial charge in [-0.3, -0.25) is 0 Å². The summed E-state index contributed by atoms with van der Waals surface area (Å²) in [6.07, 6.45) is 0. The Balaban J connectivity index is 1.07. The highest BCUT2D eigenvalue weighted by molar-refractivity contribution is 8.09. The SMILES string of the molecule is Cc1sc(C2S/C(=c3/s/c(=c4/s/c(=C5/[SH+]C(c6sc(C)c7c6OCCO7)C6=C5OCCO6)c5c4OCCO5)c4c3OCCO4)C3=C2OCCO3)c2c1OCCO2. The van der Waals surface area contributed by atoms with Gasteiger partial charge in [-0.05, 0) is 13.8 Å². The molecule has 0 spiro atoms. The zero-order chi connectivity index (χ0) is 37.1. The molecule has 0 saturated heterocycles. The van der Waals surface area contributed by atoms with Crippen LogP contribution in [0.5, 0.6) is 46.0 Å². The molecule has 0 aliphatic carbocycles. The molecule has 18 heteroatoms. The molecule has 8 aliphatic heterocycles. The molecule has 8 aliphatic rings. The highest BCUT2D eigenvalue weighted by atomic mass is 32.2. The summed E-state index contributed by atoms with van der Waals surface area (Å²) in [5, 5.41) is -0.254. The maximum atomic E-state index is 6.48. The fourth-order valence-corrected chi connectivity index (χ4v) is 16.0. The summed E-state index contributed by atoms with van der Waals surface area (Å²) in [5.41, 5.74) is 0. The first-order valence-electron chi connectivity index (χ1n) is 18.4. The lowest BCUT2D eigenvalue weighted by Crippen LogP contribution is -2.19. The summed E-state index contributed by atoms with van der Waals surface area (Å²) in [6, 6.07) is 0. The van der Waals surface area contributed by atoms with Gasteiger partial charge >= 0.3 is 0 Å². The van der Waals surface area contributed by atoms with Crippen LogP contribution in [0.3, 0.4) is 0 Å². The van der Waals surface area contributed by atoms with E-state index in [0.29, 0.717) is 102 Å². The lowest BCUT2D eigenvalue weighted by molar-refractivity contribution is 0.0703. The smallest absolute Gasteiger partial charge is 0.220 e. The van der Waals surface area contributed by atoms with Crippen molar-refractivity contribution < 1.29 is 56.8 Å². The van der Waals surface area contributed by atoms with Crippen molar-refractivity contribution in [2.45, 2.75) is 24.3 Å². The maximum Gasteiger partial charge on any atom is 0.220 e. The lowest BCUT2D eigenvalue weighted by Gasteiger charge is -2.21. The fourth-order valence-electron chi connectivity index (χ4n) is 7.86. The zero-order valence-corrected chi connectivity index (χ0v) is 35.0. The van der Waals surface area contributed by atoms with Crippen LogP contribution in [0.1, 0.15) is 30.0 Å².